The molecular formula is C26H24Cl2N4O4S2. The van der Waals surface area contributed by atoms with Crippen LogP contribution in [0.2, 0.25) is 10.0 Å². The summed E-state index contributed by atoms with van der Waals surface area (Å²) in [6.07, 6.45) is 2.20. The van der Waals surface area contributed by atoms with E-state index in [4.69, 9.17) is 44.7 Å². The SMILES string of the molecule is CN(C(=O)OCc1cc(Cl)cc(Cl)c1)c1noc2ccc(C3=CCN(C(=O)CN4CCSC4=S)CC3)cc12. The number of amides is 2. The predicted molar refractivity (Wildman–Crippen MR) is 155 cm³/mol. The second-order valence-corrected chi connectivity index (χ2v) is 11.6. The molecule has 0 aliphatic carbocycles. The molecule has 1 fully saturated rings. The van der Waals surface area contributed by atoms with Crippen LogP contribution < -0.4 is 4.90 Å². The van der Waals surface area contributed by atoms with Crippen molar-refractivity contribution in [2.45, 2.75) is 13.0 Å². The molecule has 0 radical (unpaired) electrons. The first-order valence-electron chi connectivity index (χ1n) is 11.9. The largest absolute Gasteiger partial charge is 0.444 e. The maximum Gasteiger partial charge on any atom is 0.415 e. The standard InChI is InChI=1S/C26H24Cl2N4O4S2/c1-30(25(34)35-15-16-10-19(27)13-20(28)11-16)24-21-12-18(2-3-22(21)36-29-24)17-4-6-31(7-5-17)23(33)14-32-8-9-38-26(32)37/h2-4,10-13H,5-9,14-15H2,1H3. The lowest BCUT2D eigenvalue weighted by molar-refractivity contribution is -0.131. The van der Waals surface area contributed by atoms with Gasteiger partial charge in [0.1, 0.15) is 10.9 Å². The maximum atomic E-state index is 12.8. The number of hydrogen-bond donors (Lipinski definition) is 0. The van der Waals surface area contributed by atoms with E-state index < -0.39 is 6.09 Å². The van der Waals surface area contributed by atoms with Crippen molar-refractivity contribution in [2.75, 3.05) is 43.9 Å². The molecule has 5 rings (SSSR count). The van der Waals surface area contributed by atoms with E-state index in [1.165, 1.54) is 4.90 Å². The highest BCUT2D eigenvalue weighted by Crippen LogP contribution is 2.31. The average molecular weight is 592 g/mol. The molecule has 1 aromatic heterocycles. The zero-order chi connectivity index (χ0) is 26.8. The number of ether oxygens (including phenoxy) is 1. The molecule has 198 valence electrons. The first kappa shape index (κ1) is 26.8. The summed E-state index contributed by atoms with van der Waals surface area (Å²) in [5.41, 5.74) is 3.34. The van der Waals surface area contributed by atoms with E-state index in [2.05, 4.69) is 11.2 Å². The average Bonchev–Trinajstić information content (AvgIpc) is 3.51. The minimum Gasteiger partial charge on any atom is -0.444 e. The number of thioether (sulfide) groups is 1. The van der Waals surface area contributed by atoms with Crippen molar-refractivity contribution in [3.8, 4) is 0 Å². The van der Waals surface area contributed by atoms with Gasteiger partial charge in [0.15, 0.2) is 11.4 Å². The van der Waals surface area contributed by atoms with Gasteiger partial charge in [0.25, 0.3) is 0 Å². The fourth-order valence-corrected chi connectivity index (χ4v) is 6.18. The first-order valence-corrected chi connectivity index (χ1v) is 14.1. The Hall–Kier alpha value is -2.79. The molecular weight excluding hydrogens is 567 g/mol. The molecule has 38 heavy (non-hydrogen) atoms. The predicted octanol–water partition coefficient (Wildman–Crippen LogP) is 5.86. The minimum atomic E-state index is -0.594. The quantitative estimate of drug-likeness (QED) is 0.330. The summed E-state index contributed by atoms with van der Waals surface area (Å²) < 4.78 is 11.7. The Kier molecular flexibility index (Phi) is 8.13. The Bertz CT molecular complexity index is 1420. The third-order valence-corrected chi connectivity index (χ3v) is 8.37. The van der Waals surface area contributed by atoms with Gasteiger partial charge in [-0.15, -0.1) is 0 Å². The molecule has 0 spiro atoms. The van der Waals surface area contributed by atoms with Crippen LogP contribution in [0.25, 0.3) is 16.5 Å². The monoisotopic (exact) mass is 590 g/mol. The van der Waals surface area contributed by atoms with Crippen LogP contribution in [0.1, 0.15) is 17.5 Å². The van der Waals surface area contributed by atoms with Gasteiger partial charge in [0.2, 0.25) is 5.91 Å². The number of anilines is 1. The maximum absolute atomic E-state index is 12.8. The fraction of sp³-hybridized carbons (Fsp3) is 0.308. The summed E-state index contributed by atoms with van der Waals surface area (Å²) >= 11 is 19.0. The van der Waals surface area contributed by atoms with E-state index in [0.29, 0.717) is 52.0 Å². The normalized spacial score (nSPS) is 15.7. The van der Waals surface area contributed by atoms with Crippen molar-refractivity contribution in [1.82, 2.24) is 15.0 Å². The summed E-state index contributed by atoms with van der Waals surface area (Å²) in [5.74, 6) is 1.37. The summed E-state index contributed by atoms with van der Waals surface area (Å²) in [6.45, 7) is 2.33. The lowest BCUT2D eigenvalue weighted by Crippen LogP contribution is -2.42. The van der Waals surface area contributed by atoms with E-state index in [-0.39, 0.29) is 12.5 Å². The summed E-state index contributed by atoms with van der Waals surface area (Å²) in [6, 6.07) is 10.7. The van der Waals surface area contributed by atoms with Crippen LogP contribution in [0.4, 0.5) is 10.6 Å². The van der Waals surface area contributed by atoms with E-state index in [1.807, 2.05) is 28.0 Å². The van der Waals surface area contributed by atoms with Crippen LogP contribution in [-0.2, 0) is 16.1 Å². The number of aromatic nitrogens is 1. The van der Waals surface area contributed by atoms with Gasteiger partial charge in [-0.1, -0.05) is 64.5 Å². The van der Waals surface area contributed by atoms with E-state index >= 15 is 0 Å². The minimum absolute atomic E-state index is 0.00891. The lowest BCUT2D eigenvalue weighted by Gasteiger charge is -2.28. The van der Waals surface area contributed by atoms with Crippen molar-refractivity contribution in [3.63, 3.8) is 0 Å². The number of rotatable bonds is 6. The topological polar surface area (TPSA) is 79.1 Å². The molecule has 2 aliphatic heterocycles. The number of fused-ring (bicyclic) bond motifs is 1. The highest BCUT2D eigenvalue weighted by Gasteiger charge is 2.25. The van der Waals surface area contributed by atoms with Gasteiger partial charge in [-0.2, -0.15) is 0 Å². The second kappa shape index (κ2) is 11.5. The molecule has 0 saturated carbocycles. The molecule has 2 aliphatic rings. The zero-order valence-electron chi connectivity index (χ0n) is 20.5. The molecule has 3 heterocycles. The number of nitrogens with zero attached hydrogens (tertiary/aromatic N) is 4. The van der Waals surface area contributed by atoms with Gasteiger partial charge >= 0.3 is 6.09 Å². The third-order valence-electron chi connectivity index (χ3n) is 6.43. The Labute approximate surface area is 239 Å². The van der Waals surface area contributed by atoms with Crippen molar-refractivity contribution in [3.05, 3.63) is 63.6 Å². The second-order valence-electron chi connectivity index (χ2n) is 8.96. The van der Waals surface area contributed by atoms with Crippen LogP contribution in [0.15, 0.2) is 47.0 Å². The van der Waals surface area contributed by atoms with E-state index in [0.717, 1.165) is 34.2 Å². The van der Waals surface area contributed by atoms with Crippen LogP contribution in [0.3, 0.4) is 0 Å². The van der Waals surface area contributed by atoms with Gasteiger partial charge in [0, 0.05) is 42.5 Å². The van der Waals surface area contributed by atoms with Crippen LogP contribution in [0.5, 0.6) is 0 Å². The van der Waals surface area contributed by atoms with Crippen LogP contribution in [0, 0.1) is 0 Å². The number of halogens is 2. The Morgan fingerprint density at radius 2 is 1.97 bits per heavy atom. The number of carbonyl (C=O) groups is 2. The zero-order valence-corrected chi connectivity index (χ0v) is 23.6. The number of hydrogen-bond acceptors (Lipinski definition) is 7. The molecule has 0 N–H and O–H groups in total. The summed E-state index contributed by atoms with van der Waals surface area (Å²) in [5, 5.41) is 5.71. The number of thiocarbonyl (C=S) groups is 1. The Balaban J connectivity index is 1.25. The van der Waals surface area contributed by atoms with Gasteiger partial charge in [-0.3, -0.25) is 9.69 Å². The highest BCUT2D eigenvalue weighted by atomic mass is 35.5. The summed E-state index contributed by atoms with van der Waals surface area (Å²) in [7, 11) is 1.57. The highest BCUT2D eigenvalue weighted by molar-refractivity contribution is 8.23. The first-order chi connectivity index (χ1) is 18.3. The number of carbonyl (C=O) groups excluding carboxylic acids is 2. The van der Waals surface area contributed by atoms with E-state index in [1.54, 1.807) is 37.0 Å². The molecule has 3 aromatic rings. The molecule has 0 bridgehead atoms. The van der Waals surface area contributed by atoms with Crippen LogP contribution >= 0.6 is 47.2 Å². The van der Waals surface area contributed by atoms with Gasteiger partial charge < -0.3 is 19.1 Å². The van der Waals surface area contributed by atoms with Crippen molar-refractivity contribution in [2.24, 2.45) is 0 Å². The fourth-order valence-electron chi connectivity index (χ4n) is 4.38. The molecule has 0 atom stereocenters. The van der Waals surface area contributed by atoms with Crippen molar-refractivity contribution < 1.29 is 18.8 Å². The third kappa shape index (κ3) is 5.93. The lowest BCUT2D eigenvalue weighted by atomic mass is 9.98. The van der Waals surface area contributed by atoms with Crippen molar-refractivity contribution >= 4 is 85.9 Å². The molecule has 1 saturated heterocycles. The van der Waals surface area contributed by atoms with E-state index in [9.17, 15) is 9.59 Å². The number of benzene rings is 2. The Morgan fingerprint density at radius 3 is 2.66 bits per heavy atom. The molecule has 0 unspecified atom stereocenters. The smallest absolute Gasteiger partial charge is 0.415 e. The molecule has 2 amide bonds. The van der Waals surface area contributed by atoms with Gasteiger partial charge in [0.05, 0.1) is 11.9 Å². The van der Waals surface area contributed by atoms with Crippen LogP contribution in [-0.4, -0.2) is 70.3 Å². The van der Waals surface area contributed by atoms with Crippen molar-refractivity contribution in [1.29, 1.82) is 0 Å². The van der Waals surface area contributed by atoms with Gasteiger partial charge in [-0.05, 0) is 53.5 Å². The molecule has 8 nitrogen and oxygen atoms in total. The molecule has 2 aromatic carbocycles. The Morgan fingerprint density at radius 1 is 1.18 bits per heavy atom. The molecule has 12 heteroatoms. The summed E-state index contributed by atoms with van der Waals surface area (Å²) in [4.78, 5) is 30.6. The van der Waals surface area contributed by atoms with Gasteiger partial charge in [-0.25, -0.2) is 4.79 Å².